The van der Waals surface area contributed by atoms with Gasteiger partial charge in [0.2, 0.25) is 0 Å². The maximum atomic E-state index is 14.2. The number of allylic oxidation sites excluding steroid dienone is 1. The lowest BCUT2D eigenvalue weighted by Gasteiger charge is -2.22. The van der Waals surface area contributed by atoms with Crippen LogP contribution in [-0.2, 0) is 23.1 Å². The molecule has 1 unspecified atom stereocenters. The van der Waals surface area contributed by atoms with Gasteiger partial charge in [-0.15, -0.1) is 0 Å². The molecule has 4 rings (SSSR count). The Morgan fingerprint density at radius 1 is 1.34 bits per heavy atom. The second kappa shape index (κ2) is 10.6. The summed E-state index contributed by atoms with van der Waals surface area (Å²) < 4.78 is 51.8. The molecule has 1 aliphatic rings. The van der Waals surface area contributed by atoms with Gasteiger partial charge in [0.1, 0.15) is 29.6 Å². The number of ether oxygens (including phenoxy) is 2. The molecule has 13 heteroatoms. The van der Waals surface area contributed by atoms with Crippen LogP contribution in [0.1, 0.15) is 33.5 Å². The molecule has 184 valence electrons. The molecule has 0 radical (unpaired) electrons. The van der Waals surface area contributed by atoms with Crippen LogP contribution in [0.2, 0.25) is 0 Å². The van der Waals surface area contributed by atoms with Gasteiger partial charge in [0.15, 0.2) is 11.3 Å². The molecule has 1 aliphatic heterocycles. The average molecular weight is 489 g/mol. The summed E-state index contributed by atoms with van der Waals surface area (Å²) >= 11 is 0. The number of aromatic nitrogens is 4. The second-order valence-corrected chi connectivity index (χ2v) is 7.57. The standard InChI is InChI=1S/C22H22F3N7O3/c1-32-18-17(29-11-30-19(18)31-20(32)16-10-34-2-3-35-16)21(33)27-8-12-4-13(6-15(23)5-12)14(7-26)9-28-22(24)25/h4-7,9,11,16,22H,2-3,8,10,26H2,1H3,(H,27,33). The number of rotatable bonds is 7. The molecule has 0 aliphatic carbocycles. The molecule has 0 bridgehead atoms. The first kappa shape index (κ1) is 24.3. The Labute approximate surface area is 197 Å². The Balaban J connectivity index is 1.55. The molecular formula is C22H22F3N7O3. The first-order chi connectivity index (χ1) is 16.9. The van der Waals surface area contributed by atoms with E-state index in [1.165, 1.54) is 18.5 Å². The maximum Gasteiger partial charge on any atom is 0.331 e. The van der Waals surface area contributed by atoms with Gasteiger partial charge in [0.05, 0.1) is 19.8 Å². The number of amides is 1. The molecule has 3 heterocycles. The number of benzene rings is 1. The van der Waals surface area contributed by atoms with Gasteiger partial charge in [-0.2, -0.15) is 8.78 Å². The van der Waals surface area contributed by atoms with E-state index in [-0.39, 0.29) is 23.4 Å². The smallest absolute Gasteiger partial charge is 0.331 e. The molecule has 1 amide bonds. The number of halogens is 3. The average Bonchev–Trinajstić information content (AvgIpc) is 3.19. The van der Waals surface area contributed by atoms with Crippen molar-refractivity contribution in [2.24, 2.45) is 17.8 Å². The Kier molecular flexibility index (Phi) is 7.36. The topological polar surface area (TPSA) is 130 Å². The molecule has 3 aromatic rings. The highest BCUT2D eigenvalue weighted by atomic mass is 19.3. The molecule has 1 atom stereocenters. The molecule has 3 N–H and O–H groups in total. The normalized spacial score (nSPS) is 16.9. The second-order valence-electron chi connectivity index (χ2n) is 7.57. The molecule has 1 saturated heterocycles. The number of imidazole rings is 1. The van der Waals surface area contributed by atoms with Crippen molar-refractivity contribution in [1.29, 1.82) is 0 Å². The zero-order valence-electron chi connectivity index (χ0n) is 18.6. The highest BCUT2D eigenvalue weighted by molar-refractivity contribution is 6.09. The predicted octanol–water partition coefficient (Wildman–Crippen LogP) is 2.11. The molecular weight excluding hydrogens is 467 g/mol. The summed E-state index contributed by atoms with van der Waals surface area (Å²) in [6, 6.07) is 3.85. The number of nitrogens with one attached hydrogen (secondary N) is 1. The Hall–Kier alpha value is -3.84. The number of alkyl halides is 2. The van der Waals surface area contributed by atoms with Gasteiger partial charge < -0.3 is 25.1 Å². The van der Waals surface area contributed by atoms with Crippen molar-refractivity contribution in [3.8, 4) is 0 Å². The SMILES string of the molecule is Cn1c(C2COCCO2)nc2ncnc(C(=O)NCc3cc(F)cc(C(C=NC(F)F)=CN)c3)c21. The number of carbonyl (C=O) groups is 1. The number of nitrogens with zero attached hydrogens (tertiary/aromatic N) is 5. The van der Waals surface area contributed by atoms with Crippen molar-refractivity contribution in [1.82, 2.24) is 24.8 Å². The number of fused-ring (bicyclic) bond motifs is 1. The molecule has 1 aromatic carbocycles. The lowest BCUT2D eigenvalue weighted by Crippen LogP contribution is -2.26. The number of nitrogens with two attached hydrogens (primary N) is 1. The van der Waals surface area contributed by atoms with Crippen LogP contribution >= 0.6 is 0 Å². The van der Waals surface area contributed by atoms with E-state index in [0.29, 0.717) is 42.4 Å². The van der Waals surface area contributed by atoms with Crippen molar-refractivity contribution >= 4 is 28.9 Å². The van der Waals surface area contributed by atoms with Gasteiger partial charge in [-0.25, -0.2) is 24.3 Å². The van der Waals surface area contributed by atoms with Gasteiger partial charge in [0.25, 0.3) is 5.91 Å². The van der Waals surface area contributed by atoms with Gasteiger partial charge >= 0.3 is 6.55 Å². The largest absolute Gasteiger partial charge is 0.404 e. The van der Waals surface area contributed by atoms with E-state index >= 15 is 0 Å². The monoisotopic (exact) mass is 489 g/mol. The van der Waals surface area contributed by atoms with Crippen molar-refractivity contribution in [3.63, 3.8) is 0 Å². The maximum absolute atomic E-state index is 14.2. The fraction of sp³-hybridized carbons (Fsp3) is 0.318. The lowest BCUT2D eigenvalue weighted by molar-refractivity contribution is -0.0942. The number of hydrogen-bond acceptors (Lipinski definition) is 8. The van der Waals surface area contributed by atoms with E-state index in [2.05, 4.69) is 25.3 Å². The highest BCUT2D eigenvalue weighted by Gasteiger charge is 2.26. The molecule has 2 aromatic heterocycles. The van der Waals surface area contributed by atoms with E-state index in [9.17, 15) is 18.0 Å². The summed E-state index contributed by atoms with van der Waals surface area (Å²) in [5.41, 5.74) is 7.00. The van der Waals surface area contributed by atoms with Crippen LogP contribution in [0.25, 0.3) is 16.7 Å². The third-order valence-corrected chi connectivity index (χ3v) is 5.27. The first-order valence-electron chi connectivity index (χ1n) is 10.5. The van der Waals surface area contributed by atoms with E-state index in [0.717, 1.165) is 18.5 Å². The van der Waals surface area contributed by atoms with Crippen molar-refractivity contribution in [2.75, 3.05) is 19.8 Å². The van der Waals surface area contributed by atoms with Crippen molar-refractivity contribution < 1.29 is 27.4 Å². The number of hydrogen-bond donors (Lipinski definition) is 2. The fourth-order valence-electron chi connectivity index (χ4n) is 3.68. The summed E-state index contributed by atoms with van der Waals surface area (Å²) in [7, 11) is 1.73. The third kappa shape index (κ3) is 5.46. The van der Waals surface area contributed by atoms with E-state index in [4.69, 9.17) is 15.2 Å². The fourth-order valence-corrected chi connectivity index (χ4v) is 3.68. The summed E-state index contributed by atoms with van der Waals surface area (Å²) in [5.74, 6) is -0.616. The van der Waals surface area contributed by atoms with Gasteiger partial charge in [-0.3, -0.25) is 4.79 Å². The van der Waals surface area contributed by atoms with Crippen LogP contribution in [0, 0.1) is 5.82 Å². The summed E-state index contributed by atoms with van der Waals surface area (Å²) in [6.07, 6.45) is 2.73. The minimum absolute atomic E-state index is 0.0663. The van der Waals surface area contributed by atoms with E-state index in [1.807, 2.05) is 0 Å². The van der Waals surface area contributed by atoms with Gasteiger partial charge in [-0.1, -0.05) is 0 Å². The van der Waals surface area contributed by atoms with Crippen LogP contribution in [0.15, 0.2) is 35.7 Å². The number of aliphatic imine (C=N–C) groups is 1. The molecule has 10 nitrogen and oxygen atoms in total. The quantitative estimate of drug-likeness (QED) is 0.384. The number of carbonyl (C=O) groups excluding carboxylic acids is 1. The lowest BCUT2D eigenvalue weighted by atomic mass is 10.0. The van der Waals surface area contributed by atoms with Gasteiger partial charge in [0, 0.05) is 31.6 Å². The Bertz CT molecular complexity index is 1290. The van der Waals surface area contributed by atoms with Crippen molar-refractivity contribution in [2.45, 2.75) is 19.2 Å². The third-order valence-electron chi connectivity index (χ3n) is 5.27. The molecule has 0 saturated carbocycles. The van der Waals surface area contributed by atoms with Crippen LogP contribution < -0.4 is 11.1 Å². The minimum Gasteiger partial charge on any atom is -0.404 e. The predicted molar refractivity (Wildman–Crippen MR) is 120 cm³/mol. The summed E-state index contributed by atoms with van der Waals surface area (Å²) in [6.45, 7) is -1.74. The zero-order chi connectivity index (χ0) is 24.9. The van der Waals surface area contributed by atoms with Crippen LogP contribution in [0.3, 0.4) is 0 Å². The van der Waals surface area contributed by atoms with Crippen LogP contribution in [0.5, 0.6) is 0 Å². The van der Waals surface area contributed by atoms with Gasteiger partial charge in [-0.05, 0) is 29.3 Å². The van der Waals surface area contributed by atoms with Crippen LogP contribution in [-0.4, -0.2) is 58.0 Å². The zero-order valence-corrected chi connectivity index (χ0v) is 18.6. The van der Waals surface area contributed by atoms with E-state index in [1.54, 1.807) is 11.6 Å². The Morgan fingerprint density at radius 3 is 2.89 bits per heavy atom. The molecule has 1 fully saturated rings. The molecule has 0 spiro atoms. The minimum atomic E-state index is -2.92. The Morgan fingerprint density at radius 2 is 2.17 bits per heavy atom. The highest BCUT2D eigenvalue weighted by Crippen LogP contribution is 2.24. The first-order valence-corrected chi connectivity index (χ1v) is 10.5. The molecule has 35 heavy (non-hydrogen) atoms. The van der Waals surface area contributed by atoms with Crippen molar-refractivity contribution in [3.05, 3.63) is 59.2 Å². The number of aryl methyl sites for hydroxylation is 1. The van der Waals surface area contributed by atoms with E-state index < -0.39 is 24.4 Å². The summed E-state index contributed by atoms with van der Waals surface area (Å²) in [4.78, 5) is 28.7. The summed E-state index contributed by atoms with van der Waals surface area (Å²) in [5, 5.41) is 2.69. The van der Waals surface area contributed by atoms with Crippen LogP contribution in [0.4, 0.5) is 13.2 Å².